The van der Waals surface area contributed by atoms with Crippen LogP contribution < -0.4 is 5.32 Å². The summed E-state index contributed by atoms with van der Waals surface area (Å²) in [7, 11) is 0. The molecule has 2 heteroatoms. The van der Waals surface area contributed by atoms with Crippen LogP contribution in [0.5, 0.6) is 0 Å². The molecule has 2 saturated carbocycles. The molecule has 2 aliphatic carbocycles. The zero-order valence-corrected chi connectivity index (χ0v) is 13.1. The van der Waals surface area contributed by atoms with Crippen LogP contribution in [0.4, 0.5) is 0 Å². The van der Waals surface area contributed by atoms with Gasteiger partial charge in [0.15, 0.2) is 0 Å². The number of hydrogen-bond donors (Lipinski definition) is 1. The van der Waals surface area contributed by atoms with Gasteiger partial charge in [-0.1, -0.05) is 24.3 Å². The molecule has 3 aliphatic rings. The van der Waals surface area contributed by atoms with Gasteiger partial charge in [0, 0.05) is 19.1 Å². The Hall–Kier alpha value is -0.860. The van der Waals surface area contributed by atoms with E-state index < -0.39 is 0 Å². The molecule has 0 amide bonds. The largest absolute Gasteiger partial charge is 0.317 e. The zero-order valence-electron chi connectivity index (χ0n) is 13.1. The van der Waals surface area contributed by atoms with Gasteiger partial charge in [-0.3, -0.25) is 4.90 Å². The fourth-order valence-electron chi connectivity index (χ4n) is 3.77. The van der Waals surface area contributed by atoms with Crippen molar-refractivity contribution in [3.05, 3.63) is 35.4 Å². The van der Waals surface area contributed by atoms with Gasteiger partial charge in [0.2, 0.25) is 0 Å². The van der Waals surface area contributed by atoms with Crippen molar-refractivity contribution >= 4 is 0 Å². The van der Waals surface area contributed by atoms with Crippen LogP contribution in [0.1, 0.15) is 55.6 Å². The van der Waals surface area contributed by atoms with Crippen molar-refractivity contribution in [3.8, 4) is 0 Å². The first-order valence-electron chi connectivity index (χ1n) is 8.92. The molecule has 3 fully saturated rings. The first-order chi connectivity index (χ1) is 10.4. The molecule has 0 atom stereocenters. The lowest BCUT2D eigenvalue weighted by Gasteiger charge is -2.30. The maximum atomic E-state index is 3.49. The van der Waals surface area contributed by atoms with Crippen molar-refractivity contribution in [2.24, 2.45) is 5.92 Å². The topological polar surface area (TPSA) is 15.3 Å². The Labute approximate surface area is 128 Å². The molecule has 0 bridgehead atoms. The Morgan fingerprint density at radius 2 is 1.81 bits per heavy atom. The van der Waals surface area contributed by atoms with Gasteiger partial charge in [-0.2, -0.15) is 0 Å². The SMILES string of the molecule is c1cc(CN(CC2CCNCC2)C2CC2)cc(C2CC2)c1. The third-order valence-electron chi connectivity index (χ3n) is 5.40. The summed E-state index contributed by atoms with van der Waals surface area (Å²) in [6.45, 7) is 4.94. The minimum Gasteiger partial charge on any atom is -0.317 e. The number of hydrogen-bond acceptors (Lipinski definition) is 2. The maximum Gasteiger partial charge on any atom is 0.0236 e. The minimum absolute atomic E-state index is 0.878. The molecule has 1 aromatic carbocycles. The van der Waals surface area contributed by atoms with Crippen molar-refractivity contribution in [3.63, 3.8) is 0 Å². The maximum absolute atomic E-state index is 3.49. The highest BCUT2D eigenvalue weighted by Gasteiger charge is 2.31. The Kier molecular flexibility index (Phi) is 4.00. The summed E-state index contributed by atoms with van der Waals surface area (Å²) in [5, 5.41) is 3.49. The standard InChI is InChI=1S/C19H28N2/c1-2-16(12-18(3-1)17-4-5-17)14-21(19-6-7-19)13-15-8-10-20-11-9-15/h1-3,12,15,17,19-20H,4-11,13-14H2. The summed E-state index contributed by atoms with van der Waals surface area (Å²) >= 11 is 0. The summed E-state index contributed by atoms with van der Waals surface area (Å²) in [6, 6.07) is 10.3. The van der Waals surface area contributed by atoms with Crippen molar-refractivity contribution in [1.82, 2.24) is 10.2 Å². The monoisotopic (exact) mass is 284 g/mol. The molecule has 114 valence electrons. The number of piperidine rings is 1. The summed E-state index contributed by atoms with van der Waals surface area (Å²) in [5.41, 5.74) is 3.13. The van der Waals surface area contributed by atoms with Gasteiger partial charge < -0.3 is 5.32 Å². The Balaban J connectivity index is 1.40. The summed E-state index contributed by atoms with van der Waals surface area (Å²) < 4.78 is 0. The van der Waals surface area contributed by atoms with E-state index in [4.69, 9.17) is 0 Å². The number of rotatable bonds is 6. The quantitative estimate of drug-likeness (QED) is 0.859. The van der Waals surface area contributed by atoms with Crippen molar-refractivity contribution < 1.29 is 0 Å². The molecule has 0 radical (unpaired) electrons. The van der Waals surface area contributed by atoms with Crippen LogP contribution in [-0.2, 0) is 6.54 Å². The van der Waals surface area contributed by atoms with E-state index in [2.05, 4.69) is 34.5 Å². The molecule has 21 heavy (non-hydrogen) atoms. The summed E-state index contributed by atoms with van der Waals surface area (Å²) in [4.78, 5) is 2.78. The van der Waals surface area contributed by atoms with Crippen molar-refractivity contribution in [2.45, 2.75) is 57.0 Å². The van der Waals surface area contributed by atoms with E-state index in [-0.39, 0.29) is 0 Å². The molecule has 0 aromatic heterocycles. The molecular formula is C19H28N2. The fraction of sp³-hybridized carbons (Fsp3) is 0.684. The van der Waals surface area contributed by atoms with Gasteiger partial charge in [-0.25, -0.2) is 0 Å². The minimum atomic E-state index is 0.878. The second-order valence-corrected chi connectivity index (χ2v) is 7.37. The fourth-order valence-corrected chi connectivity index (χ4v) is 3.77. The van der Waals surface area contributed by atoms with Crippen molar-refractivity contribution in [2.75, 3.05) is 19.6 Å². The first kappa shape index (κ1) is 13.8. The third kappa shape index (κ3) is 3.67. The van der Waals surface area contributed by atoms with Crippen LogP contribution in [0.15, 0.2) is 24.3 Å². The van der Waals surface area contributed by atoms with Gasteiger partial charge in [0.05, 0.1) is 0 Å². The van der Waals surface area contributed by atoms with E-state index in [9.17, 15) is 0 Å². The van der Waals surface area contributed by atoms with E-state index >= 15 is 0 Å². The van der Waals surface area contributed by atoms with Gasteiger partial charge in [0.1, 0.15) is 0 Å². The summed E-state index contributed by atoms with van der Waals surface area (Å²) in [5.74, 6) is 1.79. The molecule has 0 spiro atoms. The molecule has 1 heterocycles. The lowest BCUT2D eigenvalue weighted by atomic mass is 9.97. The second kappa shape index (κ2) is 6.10. The van der Waals surface area contributed by atoms with Crippen LogP contribution in [0, 0.1) is 5.92 Å². The smallest absolute Gasteiger partial charge is 0.0236 e. The molecule has 1 aliphatic heterocycles. The van der Waals surface area contributed by atoms with Crippen LogP contribution in [0.2, 0.25) is 0 Å². The average molecular weight is 284 g/mol. The Morgan fingerprint density at radius 3 is 2.52 bits per heavy atom. The molecule has 1 N–H and O–H groups in total. The van der Waals surface area contributed by atoms with Crippen LogP contribution in [0.3, 0.4) is 0 Å². The highest BCUT2D eigenvalue weighted by Crippen LogP contribution is 2.40. The molecule has 1 aromatic rings. The number of nitrogens with one attached hydrogen (secondary N) is 1. The Bertz CT molecular complexity index is 470. The highest BCUT2D eigenvalue weighted by atomic mass is 15.2. The second-order valence-electron chi connectivity index (χ2n) is 7.37. The predicted octanol–water partition coefficient (Wildman–Crippen LogP) is 3.53. The van der Waals surface area contributed by atoms with Crippen LogP contribution in [-0.4, -0.2) is 30.6 Å². The number of nitrogens with zero attached hydrogens (tertiary/aromatic N) is 1. The first-order valence-corrected chi connectivity index (χ1v) is 8.92. The van der Waals surface area contributed by atoms with E-state index in [0.717, 1.165) is 17.9 Å². The average Bonchev–Trinajstić information content (AvgIpc) is 3.41. The van der Waals surface area contributed by atoms with Crippen molar-refractivity contribution in [1.29, 1.82) is 0 Å². The third-order valence-corrected chi connectivity index (χ3v) is 5.40. The molecule has 2 nitrogen and oxygen atoms in total. The molecule has 1 saturated heterocycles. The van der Waals surface area contributed by atoms with E-state index in [1.54, 1.807) is 11.1 Å². The number of benzene rings is 1. The lowest BCUT2D eigenvalue weighted by Crippen LogP contribution is -2.37. The van der Waals surface area contributed by atoms with E-state index in [1.807, 2.05) is 0 Å². The van der Waals surface area contributed by atoms with Gasteiger partial charge in [0.25, 0.3) is 0 Å². The van der Waals surface area contributed by atoms with E-state index in [1.165, 1.54) is 64.7 Å². The van der Waals surface area contributed by atoms with Crippen LogP contribution >= 0.6 is 0 Å². The molecule has 4 rings (SSSR count). The highest BCUT2D eigenvalue weighted by molar-refractivity contribution is 5.29. The van der Waals surface area contributed by atoms with Gasteiger partial charge in [-0.15, -0.1) is 0 Å². The van der Waals surface area contributed by atoms with Gasteiger partial charge in [-0.05, 0) is 74.6 Å². The Morgan fingerprint density at radius 1 is 1.00 bits per heavy atom. The normalized spacial score (nSPS) is 23.7. The predicted molar refractivity (Wildman–Crippen MR) is 87.4 cm³/mol. The summed E-state index contributed by atoms with van der Waals surface area (Å²) in [6.07, 6.45) is 8.40. The lowest BCUT2D eigenvalue weighted by molar-refractivity contribution is 0.190. The molecular weight excluding hydrogens is 256 g/mol. The van der Waals surface area contributed by atoms with E-state index in [0.29, 0.717) is 0 Å². The van der Waals surface area contributed by atoms with Gasteiger partial charge >= 0.3 is 0 Å². The zero-order chi connectivity index (χ0) is 14.1. The molecule has 0 unspecified atom stereocenters. The van der Waals surface area contributed by atoms with Crippen LogP contribution in [0.25, 0.3) is 0 Å².